The smallest absolute Gasteiger partial charge is 0.249 e. The summed E-state index contributed by atoms with van der Waals surface area (Å²) in [6.07, 6.45) is 3.34. The Balaban J connectivity index is 2.72. The summed E-state index contributed by atoms with van der Waals surface area (Å²) in [5, 5.41) is 0. The van der Waals surface area contributed by atoms with Crippen LogP contribution >= 0.6 is 0 Å². The van der Waals surface area contributed by atoms with E-state index in [4.69, 9.17) is 15.9 Å². The summed E-state index contributed by atoms with van der Waals surface area (Å²) in [5.41, 5.74) is 12.2. The number of carbonyl (C=O) groups is 2. The van der Waals surface area contributed by atoms with Crippen molar-refractivity contribution in [3.8, 4) is 11.5 Å². The zero-order valence-electron chi connectivity index (χ0n) is 10.3. The lowest BCUT2D eigenvalue weighted by molar-refractivity contribution is 0.0999. The normalized spacial score (nSPS) is 10.4. The number of primary amides is 2. The molecule has 0 saturated heterocycles. The van der Waals surface area contributed by atoms with Crippen LogP contribution in [0.2, 0.25) is 0 Å². The minimum absolute atomic E-state index is 0.256. The molecule has 98 valence electrons. The van der Waals surface area contributed by atoms with Crippen molar-refractivity contribution in [1.29, 1.82) is 0 Å². The number of rotatable bonds is 4. The number of nitrogens with two attached hydrogens (primary N) is 2. The summed E-state index contributed by atoms with van der Waals surface area (Å²) < 4.78 is 5.15. The van der Waals surface area contributed by atoms with Gasteiger partial charge in [0.05, 0.1) is 6.20 Å². The number of hydrogen-bond donors (Lipinski definition) is 2. The Labute approximate surface area is 109 Å². The number of oxazole rings is 1. The maximum absolute atomic E-state index is 11.5. The lowest BCUT2D eigenvalue weighted by atomic mass is 9.94. The minimum Gasteiger partial charge on any atom is -0.445 e. The van der Waals surface area contributed by atoms with Crippen molar-refractivity contribution < 1.29 is 14.0 Å². The lowest BCUT2D eigenvalue weighted by Gasteiger charge is -2.11. The number of carbonyl (C=O) groups excluding carboxylic acids is 2. The molecule has 0 fully saturated rings. The summed E-state index contributed by atoms with van der Waals surface area (Å²) in [5.74, 6) is -0.937. The highest BCUT2D eigenvalue weighted by molar-refractivity contribution is 6.02. The third-order valence-electron chi connectivity index (χ3n) is 2.81. The van der Waals surface area contributed by atoms with Crippen LogP contribution in [0.4, 0.5) is 0 Å². The van der Waals surface area contributed by atoms with Gasteiger partial charge in [0.25, 0.3) is 0 Å². The number of hydrogen-bond acceptors (Lipinski definition) is 4. The number of amides is 2. The Bertz CT molecular complexity index is 598. The van der Waals surface area contributed by atoms with Crippen molar-refractivity contribution in [3.05, 3.63) is 41.3 Å². The van der Waals surface area contributed by atoms with Gasteiger partial charge in [-0.2, -0.15) is 0 Å². The maximum atomic E-state index is 11.5. The first-order valence-electron chi connectivity index (χ1n) is 5.71. The van der Waals surface area contributed by atoms with Crippen LogP contribution in [0.1, 0.15) is 33.2 Å². The van der Waals surface area contributed by atoms with Gasteiger partial charge in [-0.3, -0.25) is 9.59 Å². The Morgan fingerprint density at radius 1 is 1.21 bits per heavy atom. The molecule has 6 nitrogen and oxygen atoms in total. The second-order valence-corrected chi connectivity index (χ2v) is 3.97. The summed E-state index contributed by atoms with van der Waals surface area (Å²) in [4.78, 5) is 27.0. The summed E-state index contributed by atoms with van der Waals surface area (Å²) in [7, 11) is 0. The van der Waals surface area contributed by atoms with Crippen molar-refractivity contribution >= 4 is 11.8 Å². The van der Waals surface area contributed by atoms with Crippen molar-refractivity contribution in [3.63, 3.8) is 0 Å². The molecule has 0 saturated carbocycles. The predicted octanol–water partition coefficient (Wildman–Crippen LogP) is 1.10. The molecular formula is C13H13N3O3. The number of benzene rings is 1. The van der Waals surface area contributed by atoms with Gasteiger partial charge in [-0.1, -0.05) is 6.92 Å². The molecule has 1 aromatic heterocycles. The molecule has 6 heteroatoms. The molecule has 0 radical (unpaired) electrons. The summed E-state index contributed by atoms with van der Waals surface area (Å²) in [6.45, 7) is 1.82. The van der Waals surface area contributed by atoms with E-state index in [1.807, 2.05) is 6.92 Å². The first kappa shape index (κ1) is 12.8. The van der Waals surface area contributed by atoms with E-state index in [2.05, 4.69) is 4.98 Å². The van der Waals surface area contributed by atoms with Crippen LogP contribution < -0.4 is 11.5 Å². The second kappa shape index (κ2) is 4.93. The molecule has 0 bridgehead atoms. The standard InChI is InChI=1S/C13H13N3O3/c1-2-8-9(11(14)17)5-7(6-10(8)12(15)18)13-16-3-4-19-13/h3-6H,2H2,1H3,(H2,14,17)(H2,15,18). The Morgan fingerprint density at radius 3 is 2.16 bits per heavy atom. The predicted molar refractivity (Wildman–Crippen MR) is 68.4 cm³/mol. The molecule has 0 unspecified atom stereocenters. The van der Waals surface area contributed by atoms with E-state index in [-0.39, 0.29) is 11.1 Å². The van der Waals surface area contributed by atoms with Gasteiger partial charge in [-0.05, 0) is 24.1 Å². The Kier molecular flexibility index (Phi) is 3.33. The summed E-state index contributed by atoms with van der Waals surface area (Å²) >= 11 is 0. The molecule has 0 atom stereocenters. The highest BCUT2D eigenvalue weighted by Crippen LogP contribution is 2.25. The van der Waals surface area contributed by atoms with E-state index in [0.717, 1.165) is 0 Å². The van der Waals surface area contributed by atoms with Crippen molar-refractivity contribution in [2.75, 3.05) is 0 Å². The minimum atomic E-state index is -0.618. The average Bonchev–Trinajstić information content (AvgIpc) is 2.90. The lowest BCUT2D eigenvalue weighted by Crippen LogP contribution is -2.20. The van der Waals surface area contributed by atoms with E-state index in [1.165, 1.54) is 12.5 Å². The van der Waals surface area contributed by atoms with Gasteiger partial charge in [-0.25, -0.2) is 4.98 Å². The monoisotopic (exact) mass is 259 g/mol. The van der Waals surface area contributed by atoms with Gasteiger partial charge in [0.2, 0.25) is 17.7 Å². The molecule has 0 spiro atoms. The van der Waals surface area contributed by atoms with Crippen molar-refractivity contribution in [1.82, 2.24) is 4.98 Å². The molecule has 2 amide bonds. The van der Waals surface area contributed by atoms with Gasteiger partial charge in [0.1, 0.15) is 6.26 Å². The van der Waals surface area contributed by atoms with Crippen molar-refractivity contribution in [2.45, 2.75) is 13.3 Å². The fourth-order valence-electron chi connectivity index (χ4n) is 1.98. The van der Waals surface area contributed by atoms with Crippen molar-refractivity contribution in [2.24, 2.45) is 11.5 Å². The van der Waals surface area contributed by atoms with Crippen LogP contribution in [0.3, 0.4) is 0 Å². The SMILES string of the molecule is CCc1c(C(N)=O)cc(-c2ncco2)cc1C(N)=O. The first-order chi connectivity index (χ1) is 9.04. The van der Waals surface area contributed by atoms with E-state index in [0.29, 0.717) is 23.4 Å². The van der Waals surface area contributed by atoms with Gasteiger partial charge >= 0.3 is 0 Å². The van der Waals surface area contributed by atoms with E-state index in [9.17, 15) is 9.59 Å². The molecule has 2 rings (SSSR count). The molecule has 0 aliphatic carbocycles. The molecule has 1 aromatic carbocycles. The highest BCUT2D eigenvalue weighted by Gasteiger charge is 2.18. The largest absolute Gasteiger partial charge is 0.445 e. The maximum Gasteiger partial charge on any atom is 0.249 e. The zero-order valence-corrected chi connectivity index (χ0v) is 10.3. The third kappa shape index (κ3) is 2.33. The van der Waals surface area contributed by atoms with E-state index in [1.54, 1.807) is 12.1 Å². The van der Waals surface area contributed by atoms with Crippen LogP contribution in [0.5, 0.6) is 0 Å². The number of nitrogens with zero attached hydrogens (tertiary/aromatic N) is 1. The molecule has 2 aromatic rings. The van der Waals surface area contributed by atoms with Gasteiger partial charge in [0, 0.05) is 16.7 Å². The summed E-state index contributed by atoms with van der Waals surface area (Å²) in [6, 6.07) is 3.11. The number of aromatic nitrogens is 1. The quantitative estimate of drug-likeness (QED) is 0.855. The third-order valence-corrected chi connectivity index (χ3v) is 2.81. The fraction of sp³-hybridized carbons (Fsp3) is 0.154. The van der Waals surface area contributed by atoms with Crippen LogP contribution in [0.15, 0.2) is 29.0 Å². The molecule has 19 heavy (non-hydrogen) atoms. The topological polar surface area (TPSA) is 112 Å². The molecule has 0 aliphatic rings. The zero-order chi connectivity index (χ0) is 14.0. The first-order valence-corrected chi connectivity index (χ1v) is 5.71. The Hall–Kier alpha value is -2.63. The second-order valence-electron chi connectivity index (χ2n) is 3.97. The van der Waals surface area contributed by atoms with Gasteiger partial charge < -0.3 is 15.9 Å². The van der Waals surface area contributed by atoms with Gasteiger partial charge in [0.15, 0.2) is 0 Å². The van der Waals surface area contributed by atoms with Crippen LogP contribution in [-0.2, 0) is 6.42 Å². The molecule has 1 heterocycles. The van der Waals surface area contributed by atoms with Crippen LogP contribution in [0, 0.1) is 0 Å². The average molecular weight is 259 g/mol. The Morgan fingerprint density at radius 2 is 1.79 bits per heavy atom. The molecular weight excluding hydrogens is 246 g/mol. The van der Waals surface area contributed by atoms with Crippen LogP contribution in [0.25, 0.3) is 11.5 Å². The van der Waals surface area contributed by atoms with E-state index >= 15 is 0 Å². The molecule has 0 aliphatic heterocycles. The van der Waals surface area contributed by atoms with Gasteiger partial charge in [-0.15, -0.1) is 0 Å². The fourth-order valence-corrected chi connectivity index (χ4v) is 1.98. The van der Waals surface area contributed by atoms with E-state index < -0.39 is 11.8 Å². The molecule has 4 N–H and O–H groups in total. The highest BCUT2D eigenvalue weighted by atomic mass is 16.3. The van der Waals surface area contributed by atoms with Crippen LogP contribution in [-0.4, -0.2) is 16.8 Å².